The third-order valence-corrected chi connectivity index (χ3v) is 4.42. The molecule has 0 spiro atoms. The Labute approximate surface area is 121 Å². The van der Waals surface area contributed by atoms with E-state index in [0.29, 0.717) is 36.5 Å². The Kier molecular flexibility index (Phi) is 4.74. The fourth-order valence-corrected chi connectivity index (χ4v) is 3.05. The van der Waals surface area contributed by atoms with Crippen molar-refractivity contribution in [2.45, 2.75) is 31.9 Å². The Morgan fingerprint density at radius 3 is 2.75 bits per heavy atom. The van der Waals surface area contributed by atoms with Crippen LogP contribution in [-0.2, 0) is 4.79 Å². The summed E-state index contributed by atoms with van der Waals surface area (Å²) in [4.78, 5) is 25.4. The fourth-order valence-electron chi connectivity index (χ4n) is 2.26. The van der Waals surface area contributed by atoms with E-state index in [1.54, 1.807) is 11.4 Å². The molecule has 1 aromatic rings. The van der Waals surface area contributed by atoms with Gasteiger partial charge in [0, 0.05) is 13.1 Å². The van der Waals surface area contributed by atoms with Crippen molar-refractivity contribution in [3.63, 3.8) is 0 Å². The lowest BCUT2D eigenvalue weighted by Gasteiger charge is -2.33. The summed E-state index contributed by atoms with van der Waals surface area (Å²) in [6, 6.07) is 1.30. The molecule has 1 unspecified atom stereocenters. The number of anilines is 1. The van der Waals surface area contributed by atoms with Crippen LogP contribution < -0.4 is 11.1 Å². The number of rotatable bonds is 4. The van der Waals surface area contributed by atoms with E-state index in [1.807, 2.05) is 11.8 Å². The van der Waals surface area contributed by atoms with E-state index in [-0.39, 0.29) is 18.1 Å². The molecule has 110 valence electrons. The van der Waals surface area contributed by atoms with Gasteiger partial charge >= 0.3 is 0 Å². The number of primary amides is 1. The summed E-state index contributed by atoms with van der Waals surface area (Å²) < 4.78 is 0. The predicted octanol–water partition coefficient (Wildman–Crippen LogP) is 0.631. The lowest BCUT2D eigenvalue weighted by molar-refractivity contribution is -0.121. The molecule has 0 bridgehead atoms. The number of aliphatic hydroxyl groups is 1. The van der Waals surface area contributed by atoms with Crippen molar-refractivity contribution in [1.29, 1.82) is 0 Å². The molecular formula is C13H19N3O3S. The standard InChI is InChI=1S/C13H19N3O3S/c1-8(16-5-2-9(17)3-6-16)12(19)15-13-10(11(14)18)4-7-20-13/h4,7-9,17H,2-3,5-6H2,1H3,(H2,14,18)(H,15,19). The van der Waals surface area contributed by atoms with Crippen LogP contribution in [0.15, 0.2) is 11.4 Å². The molecule has 7 heteroatoms. The number of thiophene rings is 1. The topological polar surface area (TPSA) is 95.7 Å². The van der Waals surface area contributed by atoms with E-state index in [4.69, 9.17) is 5.73 Å². The molecule has 20 heavy (non-hydrogen) atoms. The van der Waals surface area contributed by atoms with Crippen LogP contribution >= 0.6 is 11.3 Å². The average Bonchev–Trinajstić information content (AvgIpc) is 2.87. The number of nitrogens with zero attached hydrogens (tertiary/aromatic N) is 1. The Morgan fingerprint density at radius 2 is 2.15 bits per heavy atom. The van der Waals surface area contributed by atoms with E-state index < -0.39 is 5.91 Å². The van der Waals surface area contributed by atoms with E-state index in [2.05, 4.69) is 5.32 Å². The number of nitrogens with one attached hydrogen (secondary N) is 1. The average molecular weight is 297 g/mol. The van der Waals surface area contributed by atoms with Crippen LogP contribution in [0.2, 0.25) is 0 Å². The molecule has 0 radical (unpaired) electrons. The van der Waals surface area contributed by atoms with Gasteiger partial charge in [-0.15, -0.1) is 11.3 Å². The third kappa shape index (κ3) is 3.36. The van der Waals surface area contributed by atoms with Crippen LogP contribution in [0.25, 0.3) is 0 Å². The third-order valence-electron chi connectivity index (χ3n) is 3.59. The van der Waals surface area contributed by atoms with Crippen molar-refractivity contribution in [1.82, 2.24) is 4.90 Å². The van der Waals surface area contributed by atoms with Crippen LogP contribution in [0, 0.1) is 0 Å². The molecule has 6 nitrogen and oxygen atoms in total. The Balaban J connectivity index is 1.97. The summed E-state index contributed by atoms with van der Waals surface area (Å²) in [5.74, 6) is -0.707. The molecule has 1 aromatic heterocycles. The van der Waals surface area contributed by atoms with Crippen LogP contribution in [0.5, 0.6) is 0 Å². The first-order valence-electron chi connectivity index (χ1n) is 6.59. The highest BCUT2D eigenvalue weighted by Gasteiger charge is 2.26. The molecule has 2 rings (SSSR count). The monoisotopic (exact) mass is 297 g/mol. The molecular weight excluding hydrogens is 278 g/mol. The summed E-state index contributed by atoms with van der Waals surface area (Å²) in [5, 5.41) is 14.4. The highest BCUT2D eigenvalue weighted by Crippen LogP contribution is 2.23. The maximum atomic E-state index is 12.2. The molecule has 0 aromatic carbocycles. The lowest BCUT2D eigenvalue weighted by Crippen LogP contribution is -2.47. The minimum atomic E-state index is -0.546. The number of amides is 2. The Morgan fingerprint density at radius 1 is 1.50 bits per heavy atom. The van der Waals surface area contributed by atoms with Crippen molar-refractivity contribution < 1.29 is 14.7 Å². The summed E-state index contributed by atoms with van der Waals surface area (Å²) in [5.41, 5.74) is 5.58. The van der Waals surface area contributed by atoms with Gasteiger partial charge in [-0.3, -0.25) is 14.5 Å². The molecule has 1 aliphatic heterocycles. The number of piperidine rings is 1. The largest absolute Gasteiger partial charge is 0.393 e. The van der Waals surface area contributed by atoms with Gasteiger partial charge in [-0.25, -0.2) is 0 Å². The summed E-state index contributed by atoms with van der Waals surface area (Å²) in [7, 11) is 0. The first kappa shape index (κ1) is 15.0. The number of hydrogen-bond acceptors (Lipinski definition) is 5. The van der Waals surface area contributed by atoms with Crippen LogP contribution in [-0.4, -0.2) is 47.1 Å². The molecule has 0 aliphatic carbocycles. The molecule has 1 fully saturated rings. The van der Waals surface area contributed by atoms with E-state index in [0.717, 1.165) is 0 Å². The van der Waals surface area contributed by atoms with Crippen molar-refractivity contribution in [3.05, 3.63) is 17.0 Å². The van der Waals surface area contributed by atoms with E-state index >= 15 is 0 Å². The first-order chi connectivity index (χ1) is 9.49. The maximum Gasteiger partial charge on any atom is 0.251 e. The predicted molar refractivity (Wildman–Crippen MR) is 77.7 cm³/mol. The van der Waals surface area contributed by atoms with Crippen LogP contribution in [0.3, 0.4) is 0 Å². The molecule has 1 aliphatic rings. The maximum absolute atomic E-state index is 12.2. The zero-order chi connectivity index (χ0) is 14.7. The van der Waals surface area contributed by atoms with Crippen molar-refractivity contribution in [2.75, 3.05) is 18.4 Å². The number of carbonyl (C=O) groups excluding carboxylic acids is 2. The van der Waals surface area contributed by atoms with Gasteiger partial charge in [0.05, 0.1) is 17.7 Å². The number of aliphatic hydroxyl groups excluding tert-OH is 1. The van der Waals surface area contributed by atoms with Gasteiger partial charge in [-0.1, -0.05) is 0 Å². The van der Waals surface area contributed by atoms with Crippen molar-refractivity contribution in [2.24, 2.45) is 5.73 Å². The zero-order valence-corrected chi connectivity index (χ0v) is 12.2. The summed E-state index contributed by atoms with van der Waals surface area (Å²) in [6.07, 6.45) is 1.10. The van der Waals surface area contributed by atoms with E-state index in [1.165, 1.54) is 11.3 Å². The number of hydrogen-bond donors (Lipinski definition) is 3. The molecule has 4 N–H and O–H groups in total. The van der Waals surface area contributed by atoms with Crippen LogP contribution in [0.1, 0.15) is 30.1 Å². The number of nitrogens with two attached hydrogens (primary N) is 1. The minimum Gasteiger partial charge on any atom is -0.393 e. The van der Waals surface area contributed by atoms with E-state index in [9.17, 15) is 14.7 Å². The Hall–Kier alpha value is -1.44. The molecule has 1 saturated heterocycles. The highest BCUT2D eigenvalue weighted by atomic mass is 32.1. The first-order valence-corrected chi connectivity index (χ1v) is 7.47. The summed E-state index contributed by atoms with van der Waals surface area (Å²) >= 11 is 1.28. The second-order valence-corrected chi connectivity index (χ2v) is 5.88. The van der Waals surface area contributed by atoms with Gasteiger partial charge < -0.3 is 16.2 Å². The molecule has 1 atom stereocenters. The van der Waals surface area contributed by atoms with Crippen LogP contribution in [0.4, 0.5) is 5.00 Å². The van der Waals surface area contributed by atoms with Gasteiger partial charge in [0.25, 0.3) is 5.91 Å². The molecule has 2 heterocycles. The van der Waals surface area contributed by atoms with Gasteiger partial charge in [0.1, 0.15) is 5.00 Å². The highest BCUT2D eigenvalue weighted by molar-refractivity contribution is 7.14. The van der Waals surface area contributed by atoms with Gasteiger partial charge in [0.15, 0.2) is 0 Å². The zero-order valence-electron chi connectivity index (χ0n) is 11.3. The smallest absolute Gasteiger partial charge is 0.251 e. The number of carbonyl (C=O) groups is 2. The lowest BCUT2D eigenvalue weighted by atomic mass is 10.1. The second-order valence-electron chi connectivity index (χ2n) is 4.96. The normalized spacial score (nSPS) is 18.7. The minimum absolute atomic E-state index is 0.161. The molecule has 0 saturated carbocycles. The van der Waals surface area contributed by atoms with Crippen molar-refractivity contribution in [3.8, 4) is 0 Å². The Bertz CT molecular complexity index is 495. The van der Waals surface area contributed by atoms with Gasteiger partial charge in [-0.2, -0.15) is 0 Å². The molecule has 2 amide bonds. The van der Waals surface area contributed by atoms with Gasteiger partial charge in [-0.05, 0) is 31.2 Å². The van der Waals surface area contributed by atoms with Gasteiger partial charge in [0.2, 0.25) is 5.91 Å². The summed E-state index contributed by atoms with van der Waals surface area (Å²) in [6.45, 7) is 3.22. The SMILES string of the molecule is CC(C(=O)Nc1sccc1C(N)=O)N1CCC(O)CC1. The second kappa shape index (κ2) is 6.34. The quantitative estimate of drug-likeness (QED) is 0.759. The number of likely N-dealkylation sites (tertiary alicyclic amines) is 1. The van der Waals surface area contributed by atoms with Crippen molar-refractivity contribution >= 4 is 28.2 Å². The fraction of sp³-hybridized carbons (Fsp3) is 0.538.